The molecular weight excluding hydrogens is 124 g/mol. The molecule has 9 heavy (non-hydrogen) atoms. The van der Waals surface area contributed by atoms with Crippen molar-refractivity contribution in [2.45, 2.75) is 6.42 Å². The molecule has 0 amide bonds. The molecule has 1 saturated heterocycles. The Morgan fingerprint density at radius 2 is 2.44 bits per heavy atom. The normalized spacial score (nSPS) is 25.8. The molecule has 4 nitrogen and oxygen atoms in total. The number of hydrogen-bond acceptors (Lipinski definition) is 4. The van der Waals surface area contributed by atoms with E-state index >= 15 is 0 Å². The summed E-state index contributed by atoms with van der Waals surface area (Å²) in [6, 6.07) is 0. The largest absolute Gasteiger partial charge is 0.550 e. The molecule has 0 aromatic heterocycles. The SMILES string of the molecule is O=C1CC(C(=O)[O-])CO1. The van der Waals surface area contributed by atoms with Gasteiger partial charge in [-0.05, 0) is 0 Å². The smallest absolute Gasteiger partial charge is 0.306 e. The second kappa shape index (κ2) is 2.05. The highest BCUT2D eigenvalue weighted by Crippen LogP contribution is 2.11. The van der Waals surface area contributed by atoms with Crippen molar-refractivity contribution in [1.29, 1.82) is 0 Å². The first-order valence-electron chi connectivity index (χ1n) is 2.56. The zero-order valence-electron chi connectivity index (χ0n) is 4.62. The lowest BCUT2D eigenvalue weighted by molar-refractivity contribution is -0.311. The third-order valence-corrected chi connectivity index (χ3v) is 1.19. The van der Waals surface area contributed by atoms with Crippen LogP contribution in [-0.2, 0) is 14.3 Å². The molecule has 0 spiro atoms. The van der Waals surface area contributed by atoms with E-state index in [4.69, 9.17) is 0 Å². The van der Waals surface area contributed by atoms with Gasteiger partial charge in [-0.25, -0.2) is 0 Å². The molecular formula is C5H5O4-. The number of cyclic esters (lactones) is 1. The predicted molar refractivity (Wildman–Crippen MR) is 24.1 cm³/mol. The number of carboxylic acids is 1. The second-order valence-electron chi connectivity index (χ2n) is 1.90. The lowest BCUT2D eigenvalue weighted by atomic mass is 10.1. The Kier molecular flexibility index (Phi) is 1.38. The minimum absolute atomic E-state index is 0.0266. The topological polar surface area (TPSA) is 66.4 Å². The van der Waals surface area contributed by atoms with Crippen LogP contribution in [0, 0.1) is 5.92 Å². The second-order valence-corrected chi connectivity index (χ2v) is 1.90. The van der Waals surface area contributed by atoms with E-state index in [0.29, 0.717) is 0 Å². The van der Waals surface area contributed by atoms with Crippen LogP contribution >= 0.6 is 0 Å². The summed E-state index contributed by atoms with van der Waals surface area (Å²) in [4.78, 5) is 20.2. The van der Waals surface area contributed by atoms with Crippen LogP contribution in [0.3, 0.4) is 0 Å². The number of hydrogen-bond donors (Lipinski definition) is 0. The van der Waals surface area contributed by atoms with Gasteiger partial charge in [-0.1, -0.05) is 0 Å². The molecule has 0 aliphatic carbocycles. The molecule has 4 heteroatoms. The van der Waals surface area contributed by atoms with Crippen molar-refractivity contribution in [3.8, 4) is 0 Å². The zero-order valence-corrected chi connectivity index (χ0v) is 4.62. The molecule has 1 heterocycles. The van der Waals surface area contributed by atoms with Crippen molar-refractivity contribution in [2.75, 3.05) is 6.61 Å². The summed E-state index contributed by atoms with van der Waals surface area (Å²) < 4.78 is 4.37. The minimum atomic E-state index is -1.21. The van der Waals surface area contributed by atoms with E-state index in [-0.39, 0.29) is 13.0 Å². The van der Waals surface area contributed by atoms with Gasteiger partial charge in [0, 0.05) is 11.9 Å². The Labute approximate surface area is 51.4 Å². The fourth-order valence-corrected chi connectivity index (χ4v) is 0.664. The van der Waals surface area contributed by atoms with Gasteiger partial charge < -0.3 is 14.6 Å². The number of carbonyl (C=O) groups excluding carboxylic acids is 2. The van der Waals surface area contributed by atoms with Crippen LogP contribution in [0.4, 0.5) is 0 Å². The van der Waals surface area contributed by atoms with E-state index in [2.05, 4.69) is 4.74 Å². The van der Waals surface area contributed by atoms with Crippen molar-refractivity contribution in [2.24, 2.45) is 5.92 Å². The molecule has 0 bridgehead atoms. The molecule has 0 radical (unpaired) electrons. The van der Waals surface area contributed by atoms with Crippen LogP contribution in [0.1, 0.15) is 6.42 Å². The Hall–Kier alpha value is -1.06. The summed E-state index contributed by atoms with van der Waals surface area (Å²) in [7, 11) is 0. The third kappa shape index (κ3) is 1.19. The highest BCUT2D eigenvalue weighted by Gasteiger charge is 2.24. The van der Waals surface area contributed by atoms with E-state index in [9.17, 15) is 14.7 Å². The Morgan fingerprint density at radius 1 is 1.78 bits per heavy atom. The fourth-order valence-electron chi connectivity index (χ4n) is 0.664. The number of carbonyl (C=O) groups is 2. The Bertz CT molecular complexity index is 151. The molecule has 0 aromatic carbocycles. The first-order valence-corrected chi connectivity index (χ1v) is 2.56. The lowest BCUT2D eigenvalue weighted by Crippen LogP contribution is -2.31. The van der Waals surface area contributed by atoms with Crippen LogP contribution in [0.15, 0.2) is 0 Å². The summed E-state index contributed by atoms with van der Waals surface area (Å²) in [5, 5.41) is 10.0. The maximum atomic E-state index is 10.2. The molecule has 1 atom stereocenters. The van der Waals surface area contributed by atoms with Gasteiger partial charge in [0.05, 0.1) is 13.0 Å². The molecule has 50 valence electrons. The first-order chi connectivity index (χ1) is 4.20. The van der Waals surface area contributed by atoms with Crippen LogP contribution in [0.25, 0.3) is 0 Å². The first kappa shape index (κ1) is 6.07. The Morgan fingerprint density at radius 3 is 2.67 bits per heavy atom. The van der Waals surface area contributed by atoms with E-state index < -0.39 is 17.9 Å². The van der Waals surface area contributed by atoms with Gasteiger partial charge in [0.15, 0.2) is 0 Å². The van der Waals surface area contributed by atoms with Crippen molar-refractivity contribution in [1.82, 2.24) is 0 Å². The van der Waals surface area contributed by atoms with Crippen LogP contribution in [0.2, 0.25) is 0 Å². The number of aliphatic carboxylic acids is 1. The quantitative estimate of drug-likeness (QED) is 0.396. The van der Waals surface area contributed by atoms with Gasteiger partial charge in [0.1, 0.15) is 0 Å². The van der Waals surface area contributed by atoms with Gasteiger partial charge in [-0.3, -0.25) is 4.79 Å². The molecule has 1 aliphatic heterocycles. The fraction of sp³-hybridized carbons (Fsp3) is 0.600. The average Bonchev–Trinajstić information content (AvgIpc) is 2.14. The minimum Gasteiger partial charge on any atom is -0.550 e. The molecule has 1 rings (SSSR count). The highest BCUT2D eigenvalue weighted by atomic mass is 16.5. The van der Waals surface area contributed by atoms with Crippen LogP contribution < -0.4 is 5.11 Å². The molecule has 1 fully saturated rings. The predicted octanol–water partition coefficient (Wildman–Crippen LogP) is -1.70. The van der Waals surface area contributed by atoms with Crippen LogP contribution in [-0.4, -0.2) is 18.5 Å². The molecule has 1 unspecified atom stereocenters. The van der Waals surface area contributed by atoms with Gasteiger partial charge >= 0.3 is 5.97 Å². The average molecular weight is 129 g/mol. The molecule has 0 aromatic rings. The monoisotopic (exact) mass is 129 g/mol. The Balaban J connectivity index is 2.48. The zero-order chi connectivity index (χ0) is 6.85. The standard InChI is InChI=1S/C5H6O4/c6-4-1-3(2-9-4)5(7)8/h3H,1-2H2,(H,7,8)/p-1. The lowest BCUT2D eigenvalue weighted by Gasteiger charge is -2.03. The number of carboxylic acid groups (broad SMARTS) is 1. The van der Waals surface area contributed by atoms with Gasteiger partial charge in [-0.2, -0.15) is 0 Å². The van der Waals surface area contributed by atoms with Crippen molar-refractivity contribution in [3.63, 3.8) is 0 Å². The van der Waals surface area contributed by atoms with Gasteiger partial charge in [-0.15, -0.1) is 0 Å². The van der Waals surface area contributed by atoms with E-state index in [0.717, 1.165) is 0 Å². The molecule has 0 saturated carbocycles. The summed E-state index contributed by atoms with van der Waals surface area (Å²) in [5.74, 6) is -2.39. The summed E-state index contributed by atoms with van der Waals surface area (Å²) in [6.45, 7) is -0.0266. The van der Waals surface area contributed by atoms with Crippen molar-refractivity contribution in [3.05, 3.63) is 0 Å². The van der Waals surface area contributed by atoms with Crippen LogP contribution in [0.5, 0.6) is 0 Å². The summed E-state index contributed by atoms with van der Waals surface area (Å²) in [6.07, 6.45) is -0.0394. The van der Waals surface area contributed by atoms with E-state index in [1.807, 2.05) is 0 Å². The molecule has 0 N–H and O–H groups in total. The van der Waals surface area contributed by atoms with Gasteiger partial charge in [0.25, 0.3) is 0 Å². The number of ether oxygens (including phenoxy) is 1. The summed E-state index contributed by atoms with van der Waals surface area (Å²) >= 11 is 0. The van der Waals surface area contributed by atoms with Crippen molar-refractivity contribution < 1.29 is 19.4 Å². The van der Waals surface area contributed by atoms with Crippen molar-refractivity contribution >= 4 is 11.9 Å². The summed E-state index contributed by atoms with van der Waals surface area (Å²) in [5.41, 5.74) is 0. The maximum Gasteiger partial charge on any atom is 0.306 e. The molecule has 1 aliphatic rings. The number of esters is 1. The number of rotatable bonds is 1. The van der Waals surface area contributed by atoms with E-state index in [1.54, 1.807) is 0 Å². The van der Waals surface area contributed by atoms with E-state index in [1.165, 1.54) is 0 Å². The van der Waals surface area contributed by atoms with Gasteiger partial charge in [0.2, 0.25) is 0 Å². The maximum absolute atomic E-state index is 10.2. The third-order valence-electron chi connectivity index (χ3n) is 1.19. The highest BCUT2D eigenvalue weighted by molar-refractivity contribution is 5.80.